The molecular formula is C17H25N3S. The highest BCUT2D eigenvalue weighted by Gasteiger charge is 2.21. The SMILES string of the molecule is Cc1cc(N[C@H]2CC[C@H](C)CC2)c2c(C(C)C)nsc2n1. The zero-order valence-corrected chi connectivity index (χ0v) is 14.3. The Kier molecular flexibility index (Phi) is 4.16. The van der Waals surface area contributed by atoms with Crippen LogP contribution >= 0.6 is 11.5 Å². The number of fused-ring (bicyclic) bond motifs is 1. The van der Waals surface area contributed by atoms with Gasteiger partial charge in [-0.3, -0.25) is 0 Å². The van der Waals surface area contributed by atoms with Gasteiger partial charge in [0.1, 0.15) is 4.83 Å². The van der Waals surface area contributed by atoms with Crippen LogP contribution < -0.4 is 5.32 Å². The third-order valence-corrected chi connectivity index (χ3v) is 5.28. The van der Waals surface area contributed by atoms with Crippen LogP contribution in [0.4, 0.5) is 5.69 Å². The highest BCUT2D eigenvalue weighted by atomic mass is 32.1. The summed E-state index contributed by atoms with van der Waals surface area (Å²) in [6.45, 7) is 8.86. The van der Waals surface area contributed by atoms with Gasteiger partial charge in [-0.2, -0.15) is 4.37 Å². The summed E-state index contributed by atoms with van der Waals surface area (Å²) in [5.41, 5.74) is 3.51. The van der Waals surface area contributed by atoms with Crippen LogP contribution in [0.25, 0.3) is 10.2 Å². The summed E-state index contributed by atoms with van der Waals surface area (Å²) in [6, 6.07) is 2.80. The van der Waals surface area contributed by atoms with Crippen molar-refractivity contribution in [2.75, 3.05) is 5.32 Å². The molecule has 1 saturated carbocycles. The first kappa shape index (κ1) is 14.8. The number of aromatic nitrogens is 2. The fourth-order valence-electron chi connectivity index (χ4n) is 3.23. The molecule has 0 atom stereocenters. The van der Waals surface area contributed by atoms with E-state index in [2.05, 4.69) is 48.4 Å². The molecule has 1 N–H and O–H groups in total. The normalized spacial score (nSPS) is 22.9. The lowest BCUT2D eigenvalue weighted by Crippen LogP contribution is -2.25. The maximum Gasteiger partial charge on any atom is 0.146 e. The van der Waals surface area contributed by atoms with Gasteiger partial charge in [0.05, 0.1) is 11.1 Å². The summed E-state index contributed by atoms with van der Waals surface area (Å²) in [6.07, 6.45) is 5.23. The molecule has 2 aromatic heterocycles. The summed E-state index contributed by atoms with van der Waals surface area (Å²) in [4.78, 5) is 5.73. The van der Waals surface area contributed by atoms with E-state index >= 15 is 0 Å². The minimum Gasteiger partial charge on any atom is -0.382 e. The van der Waals surface area contributed by atoms with Crippen molar-refractivity contribution in [3.05, 3.63) is 17.5 Å². The van der Waals surface area contributed by atoms with E-state index in [1.54, 1.807) is 0 Å². The predicted octanol–water partition coefficient (Wildman–Crippen LogP) is 5.11. The molecule has 3 nitrogen and oxygen atoms in total. The van der Waals surface area contributed by atoms with Crippen LogP contribution in [-0.2, 0) is 0 Å². The second kappa shape index (κ2) is 5.91. The van der Waals surface area contributed by atoms with Crippen LogP contribution in [0.5, 0.6) is 0 Å². The van der Waals surface area contributed by atoms with Crippen molar-refractivity contribution in [3.63, 3.8) is 0 Å². The first-order chi connectivity index (χ1) is 10.0. The molecule has 1 fully saturated rings. The molecule has 0 aliphatic heterocycles. The number of pyridine rings is 1. The van der Waals surface area contributed by atoms with Gasteiger partial charge >= 0.3 is 0 Å². The van der Waals surface area contributed by atoms with Crippen LogP contribution in [0.15, 0.2) is 6.07 Å². The fourth-order valence-corrected chi connectivity index (χ4v) is 4.21. The quantitative estimate of drug-likeness (QED) is 0.855. The van der Waals surface area contributed by atoms with Crippen LogP contribution in [0.3, 0.4) is 0 Å². The molecule has 4 heteroatoms. The maximum absolute atomic E-state index is 4.66. The van der Waals surface area contributed by atoms with E-state index in [-0.39, 0.29) is 0 Å². The lowest BCUT2D eigenvalue weighted by atomic mass is 9.87. The van der Waals surface area contributed by atoms with Gasteiger partial charge in [0.15, 0.2) is 0 Å². The third kappa shape index (κ3) is 3.05. The molecule has 1 aliphatic rings. The molecule has 0 bridgehead atoms. The topological polar surface area (TPSA) is 37.8 Å². The Hall–Kier alpha value is -1.16. The second-order valence-electron chi connectivity index (χ2n) is 6.81. The van der Waals surface area contributed by atoms with E-state index in [0.29, 0.717) is 12.0 Å². The fraction of sp³-hybridized carbons (Fsp3) is 0.647. The molecule has 0 radical (unpaired) electrons. The lowest BCUT2D eigenvalue weighted by molar-refractivity contribution is 0.361. The van der Waals surface area contributed by atoms with E-state index in [4.69, 9.17) is 0 Å². The zero-order valence-electron chi connectivity index (χ0n) is 13.4. The Balaban J connectivity index is 1.94. The lowest BCUT2D eigenvalue weighted by Gasteiger charge is -2.28. The maximum atomic E-state index is 4.66. The average Bonchev–Trinajstić information content (AvgIpc) is 2.85. The molecule has 114 valence electrons. The first-order valence-electron chi connectivity index (χ1n) is 8.08. The molecule has 2 aromatic rings. The number of aryl methyl sites for hydroxylation is 1. The molecular weight excluding hydrogens is 278 g/mol. The Bertz CT molecular complexity index is 624. The molecule has 21 heavy (non-hydrogen) atoms. The van der Waals surface area contributed by atoms with Crippen LogP contribution in [-0.4, -0.2) is 15.4 Å². The van der Waals surface area contributed by atoms with E-state index in [1.807, 2.05) is 0 Å². The van der Waals surface area contributed by atoms with Gasteiger partial charge in [-0.15, -0.1) is 0 Å². The van der Waals surface area contributed by atoms with Gasteiger partial charge in [-0.1, -0.05) is 20.8 Å². The molecule has 1 aliphatic carbocycles. The van der Waals surface area contributed by atoms with E-state index in [9.17, 15) is 0 Å². The van der Waals surface area contributed by atoms with Crippen LogP contribution in [0.2, 0.25) is 0 Å². The molecule has 0 aromatic carbocycles. The predicted molar refractivity (Wildman–Crippen MR) is 91.3 cm³/mol. The highest BCUT2D eigenvalue weighted by Crippen LogP contribution is 2.35. The molecule has 0 saturated heterocycles. The Morgan fingerprint density at radius 2 is 1.95 bits per heavy atom. The number of anilines is 1. The number of nitrogens with one attached hydrogen (secondary N) is 1. The van der Waals surface area contributed by atoms with E-state index < -0.39 is 0 Å². The van der Waals surface area contributed by atoms with Crippen molar-refractivity contribution >= 4 is 27.4 Å². The second-order valence-corrected chi connectivity index (χ2v) is 7.57. The third-order valence-electron chi connectivity index (χ3n) is 4.52. The van der Waals surface area contributed by atoms with Crippen molar-refractivity contribution in [1.29, 1.82) is 0 Å². The van der Waals surface area contributed by atoms with Crippen molar-refractivity contribution in [3.8, 4) is 0 Å². The molecule has 3 rings (SSSR count). The zero-order chi connectivity index (χ0) is 15.0. The van der Waals surface area contributed by atoms with Gasteiger partial charge in [-0.05, 0) is 62.0 Å². The van der Waals surface area contributed by atoms with Crippen LogP contribution in [0.1, 0.15) is 63.8 Å². The number of rotatable bonds is 3. The summed E-state index contributed by atoms with van der Waals surface area (Å²) in [5.74, 6) is 1.33. The number of hydrogen-bond donors (Lipinski definition) is 1. The highest BCUT2D eigenvalue weighted by molar-refractivity contribution is 7.13. The largest absolute Gasteiger partial charge is 0.382 e. The van der Waals surface area contributed by atoms with Crippen molar-refractivity contribution in [2.24, 2.45) is 5.92 Å². The number of hydrogen-bond acceptors (Lipinski definition) is 4. The Morgan fingerprint density at radius 3 is 2.62 bits per heavy atom. The van der Waals surface area contributed by atoms with Gasteiger partial charge in [0.2, 0.25) is 0 Å². The van der Waals surface area contributed by atoms with E-state index in [0.717, 1.165) is 16.4 Å². The average molecular weight is 303 g/mol. The Labute approximate surface area is 131 Å². The van der Waals surface area contributed by atoms with Gasteiger partial charge in [0, 0.05) is 17.4 Å². The monoisotopic (exact) mass is 303 g/mol. The van der Waals surface area contributed by atoms with E-state index in [1.165, 1.54) is 54.0 Å². The molecule has 0 unspecified atom stereocenters. The van der Waals surface area contributed by atoms with Gasteiger partial charge < -0.3 is 5.32 Å². The van der Waals surface area contributed by atoms with Gasteiger partial charge in [-0.25, -0.2) is 4.98 Å². The standard InChI is InChI=1S/C17H25N3S/c1-10(2)16-15-14(9-12(4)18-17(15)21-20-16)19-13-7-5-11(3)6-8-13/h9-11,13H,5-8H2,1-4H3,(H,18,19)/t11-,13-. The van der Waals surface area contributed by atoms with Gasteiger partial charge in [0.25, 0.3) is 0 Å². The van der Waals surface area contributed by atoms with Crippen molar-refractivity contribution in [2.45, 2.75) is 65.3 Å². The minimum absolute atomic E-state index is 0.440. The Morgan fingerprint density at radius 1 is 1.24 bits per heavy atom. The smallest absolute Gasteiger partial charge is 0.146 e. The first-order valence-corrected chi connectivity index (χ1v) is 8.85. The summed E-state index contributed by atoms with van der Waals surface area (Å²) >= 11 is 1.53. The minimum atomic E-state index is 0.440. The summed E-state index contributed by atoms with van der Waals surface area (Å²) in [7, 11) is 0. The molecule has 0 amide bonds. The number of nitrogens with zero attached hydrogens (tertiary/aromatic N) is 2. The summed E-state index contributed by atoms with van der Waals surface area (Å²) < 4.78 is 4.64. The van der Waals surface area contributed by atoms with Crippen molar-refractivity contribution in [1.82, 2.24) is 9.36 Å². The van der Waals surface area contributed by atoms with Crippen LogP contribution in [0, 0.1) is 12.8 Å². The van der Waals surface area contributed by atoms with Crippen molar-refractivity contribution < 1.29 is 0 Å². The molecule has 0 spiro atoms. The summed E-state index contributed by atoms with van der Waals surface area (Å²) in [5, 5.41) is 5.04. The molecule has 2 heterocycles.